The molecule has 0 bridgehead atoms. The summed E-state index contributed by atoms with van der Waals surface area (Å²) in [6.45, 7) is 2.68. The van der Waals surface area contributed by atoms with Crippen LogP contribution in [0.5, 0.6) is 0 Å². The maximum atomic E-state index is 12.6. The Morgan fingerprint density at radius 1 is 1.27 bits per heavy atom. The average Bonchev–Trinajstić information content (AvgIpc) is 3.03. The minimum absolute atomic E-state index is 0.0933. The fraction of sp³-hybridized carbons (Fsp3) is 0.250. The van der Waals surface area contributed by atoms with Gasteiger partial charge in [-0.25, -0.2) is 0 Å². The molecule has 3 rings (SSSR count). The first-order chi connectivity index (χ1) is 10.6. The van der Waals surface area contributed by atoms with E-state index < -0.39 is 6.04 Å². The Kier molecular flexibility index (Phi) is 4.02. The summed E-state index contributed by atoms with van der Waals surface area (Å²) in [4.78, 5) is 28.2. The van der Waals surface area contributed by atoms with Crippen molar-refractivity contribution in [3.8, 4) is 0 Å². The number of anilines is 1. The number of hydrogen-bond donors (Lipinski definition) is 0. The monoisotopic (exact) mass is 362 g/mol. The zero-order valence-electron chi connectivity index (χ0n) is 12.0. The third-order valence-electron chi connectivity index (χ3n) is 3.77. The summed E-state index contributed by atoms with van der Waals surface area (Å²) in [6, 6.07) is 10.3. The second-order valence-electron chi connectivity index (χ2n) is 5.12. The largest absolute Gasteiger partial charge is 0.459 e. The maximum Gasteiger partial charge on any atom is 0.290 e. The van der Waals surface area contributed by atoms with Crippen LogP contribution in [-0.4, -0.2) is 35.8 Å². The topological polar surface area (TPSA) is 53.8 Å². The van der Waals surface area contributed by atoms with E-state index in [0.717, 1.165) is 10.2 Å². The van der Waals surface area contributed by atoms with Crippen molar-refractivity contribution in [1.82, 2.24) is 4.90 Å². The molecule has 2 aromatic rings. The number of carbonyl (C=O) groups is 2. The summed E-state index contributed by atoms with van der Waals surface area (Å²) >= 11 is 3.41. The minimum Gasteiger partial charge on any atom is -0.459 e. The van der Waals surface area contributed by atoms with Crippen molar-refractivity contribution in [1.29, 1.82) is 0 Å². The molecule has 1 aliphatic heterocycles. The van der Waals surface area contributed by atoms with Gasteiger partial charge < -0.3 is 14.2 Å². The number of carbonyl (C=O) groups excluding carboxylic acids is 2. The van der Waals surface area contributed by atoms with Crippen LogP contribution in [-0.2, 0) is 4.79 Å². The Hall–Kier alpha value is -2.08. The van der Waals surface area contributed by atoms with Gasteiger partial charge in [-0.1, -0.05) is 22.0 Å². The van der Waals surface area contributed by atoms with Crippen molar-refractivity contribution in [3.05, 3.63) is 52.9 Å². The zero-order chi connectivity index (χ0) is 15.7. The van der Waals surface area contributed by atoms with Gasteiger partial charge in [0.1, 0.15) is 6.04 Å². The third-order valence-corrected chi connectivity index (χ3v) is 4.26. The molecule has 1 aromatic carbocycles. The average molecular weight is 363 g/mol. The van der Waals surface area contributed by atoms with Gasteiger partial charge >= 0.3 is 0 Å². The highest BCUT2D eigenvalue weighted by Gasteiger charge is 2.36. The molecule has 0 radical (unpaired) electrons. The van der Waals surface area contributed by atoms with Crippen LogP contribution in [0.25, 0.3) is 0 Å². The van der Waals surface area contributed by atoms with Gasteiger partial charge in [-0.15, -0.1) is 0 Å². The number of hydrogen-bond acceptors (Lipinski definition) is 3. The summed E-state index contributed by atoms with van der Waals surface area (Å²) in [5.41, 5.74) is 0.830. The number of furan rings is 1. The highest BCUT2D eigenvalue weighted by atomic mass is 79.9. The Morgan fingerprint density at radius 2 is 2.09 bits per heavy atom. The van der Waals surface area contributed by atoms with E-state index in [-0.39, 0.29) is 17.6 Å². The Bertz CT molecular complexity index is 699. The summed E-state index contributed by atoms with van der Waals surface area (Å²) in [7, 11) is 0. The SMILES string of the molecule is C[C@@H]1C(=O)N(c2cccc(Br)c2)CCN1C(=O)c1ccco1. The summed E-state index contributed by atoms with van der Waals surface area (Å²) in [5.74, 6) is -0.0837. The summed E-state index contributed by atoms with van der Waals surface area (Å²) in [5, 5.41) is 0. The predicted octanol–water partition coefficient (Wildman–Crippen LogP) is 2.92. The minimum atomic E-state index is -0.523. The first kappa shape index (κ1) is 14.8. The van der Waals surface area contributed by atoms with Crippen LogP contribution in [0.2, 0.25) is 0 Å². The molecule has 1 saturated heterocycles. The van der Waals surface area contributed by atoms with Gasteiger partial charge in [-0.05, 0) is 37.3 Å². The molecule has 1 aliphatic rings. The molecule has 1 atom stereocenters. The molecule has 0 spiro atoms. The number of amides is 2. The molecule has 114 valence electrons. The predicted molar refractivity (Wildman–Crippen MR) is 85.7 cm³/mol. The smallest absolute Gasteiger partial charge is 0.290 e. The lowest BCUT2D eigenvalue weighted by atomic mass is 10.1. The highest BCUT2D eigenvalue weighted by Crippen LogP contribution is 2.24. The molecule has 6 heteroatoms. The van der Waals surface area contributed by atoms with Crippen LogP contribution in [0.1, 0.15) is 17.5 Å². The van der Waals surface area contributed by atoms with Crippen molar-refractivity contribution in [2.24, 2.45) is 0 Å². The molecule has 0 unspecified atom stereocenters. The van der Waals surface area contributed by atoms with E-state index >= 15 is 0 Å². The number of rotatable bonds is 2. The van der Waals surface area contributed by atoms with Crippen LogP contribution >= 0.6 is 15.9 Å². The van der Waals surface area contributed by atoms with Gasteiger partial charge in [0.2, 0.25) is 5.91 Å². The Balaban J connectivity index is 1.80. The number of piperazine rings is 1. The van der Waals surface area contributed by atoms with E-state index in [4.69, 9.17) is 4.42 Å². The number of benzene rings is 1. The van der Waals surface area contributed by atoms with Gasteiger partial charge in [0.05, 0.1) is 6.26 Å². The lowest BCUT2D eigenvalue weighted by Crippen LogP contribution is -2.57. The van der Waals surface area contributed by atoms with Crippen molar-refractivity contribution < 1.29 is 14.0 Å². The van der Waals surface area contributed by atoms with Crippen LogP contribution < -0.4 is 4.90 Å². The van der Waals surface area contributed by atoms with E-state index in [9.17, 15) is 9.59 Å². The van der Waals surface area contributed by atoms with Crippen LogP contribution in [0.15, 0.2) is 51.6 Å². The molecule has 1 fully saturated rings. The van der Waals surface area contributed by atoms with E-state index in [1.165, 1.54) is 6.26 Å². The zero-order valence-corrected chi connectivity index (χ0v) is 13.6. The van der Waals surface area contributed by atoms with Crippen molar-refractivity contribution in [2.75, 3.05) is 18.0 Å². The van der Waals surface area contributed by atoms with Crippen LogP contribution in [0.4, 0.5) is 5.69 Å². The van der Waals surface area contributed by atoms with Gasteiger partial charge in [0.25, 0.3) is 5.91 Å². The molecule has 0 N–H and O–H groups in total. The summed E-state index contributed by atoms with van der Waals surface area (Å²) < 4.78 is 6.05. The third kappa shape index (κ3) is 2.66. The Morgan fingerprint density at radius 3 is 2.77 bits per heavy atom. The van der Waals surface area contributed by atoms with Gasteiger partial charge in [0, 0.05) is 23.2 Å². The standard InChI is InChI=1S/C16H15BrN2O3/c1-11-15(20)19(13-5-2-4-12(17)10-13)8-7-18(11)16(21)14-6-3-9-22-14/h2-6,9-11H,7-8H2,1H3/t11-/m1/s1. The molecule has 22 heavy (non-hydrogen) atoms. The highest BCUT2D eigenvalue weighted by molar-refractivity contribution is 9.10. The first-order valence-corrected chi connectivity index (χ1v) is 7.78. The van der Waals surface area contributed by atoms with Crippen molar-refractivity contribution >= 4 is 33.4 Å². The second-order valence-corrected chi connectivity index (χ2v) is 6.04. The number of nitrogens with zero attached hydrogens (tertiary/aromatic N) is 2. The van der Waals surface area contributed by atoms with Crippen LogP contribution in [0.3, 0.4) is 0 Å². The van der Waals surface area contributed by atoms with E-state index in [1.54, 1.807) is 28.9 Å². The fourth-order valence-electron chi connectivity index (χ4n) is 2.59. The molecule has 5 nitrogen and oxygen atoms in total. The summed E-state index contributed by atoms with van der Waals surface area (Å²) in [6.07, 6.45) is 1.46. The Labute approximate surface area is 136 Å². The fourth-order valence-corrected chi connectivity index (χ4v) is 2.98. The molecule has 0 saturated carbocycles. The second kappa shape index (κ2) is 5.96. The van der Waals surface area contributed by atoms with E-state index in [2.05, 4.69) is 15.9 Å². The van der Waals surface area contributed by atoms with Gasteiger partial charge in [-0.2, -0.15) is 0 Å². The normalized spacial score (nSPS) is 18.6. The van der Waals surface area contributed by atoms with E-state index in [0.29, 0.717) is 13.1 Å². The molecule has 1 aromatic heterocycles. The number of halogens is 1. The van der Waals surface area contributed by atoms with Gasteiger partial charge in [-0.3, -0.25) is 9.59 Å². The molecule has 0 aliphatic carbocycles. The lowest BCUT2D eigenvalue weighted by molar-refractivity contribution is -0.124. The van der Waals surface area contributed by atoms with Gasteiger partial charge in [0.15, 0.2) is 5.76 Å². The molecule has 2 amide bonds. The molecular weight excluding hydrogens is 348 g/mol. The van der Waals surface area contributed by atoms with E-state index in [1.807, 2.05) is 24.3 Å². The van der Waals surface area contributed by atoms with Crippen molar-refractivity contribution in [2.45, 2.75) is 13.0 Å². The quantitative estimate of drug-likeness (QED) is 0.825. The van der Waals surface area contributed by atoms with Crippen LogP contribution in [0, 0.1) is 0 Å². The first-order valence-electron chi connectivity index (χ1n) is 6.99. The van der Waals surface area contributed by atoms with Crippen molar-refractivity contribution in [3.63, 3.8) is 0 Å². The maximum absolute atomic E-state index is 12.6. The molecule has 2 heterocycles. The lowest BCUT2D eigenvalue weighted by Gasteiger charge is -2.38. The molecular formula is C16H15BrN2O3.